The fourth-order valence-electron chi connectivity index (χ4n) is 5.82. The largest absolute Gasteiger partial charge is 0.497 e. The van der Waals surface area contributed by atoms with Crippen molar-refractivity contribution in [2.24, 2.45) is 17.8 Å². The maximum Gasteiger partial charge on any atom is 0.343 e. The van der Waals surface area contributed by atoms with Crippen LogP contribution < -0.4 is 9.47 Å². The molecule has 2 aromatic carbocycles. The molecular weight excluding hydrogens is 403 g/mol. The maximum absolute atomic E-state index is 15.0. The summed E-state index contributed by atoms with van der Waals surface area (Å²) in [6.07, 6.45) is 11.4. The Morgan fingerprint density at radius 2 is 1.69 bits per heavy atom. The third kappa shape index (κ3) is 5.33. The van der Waals surface area contributed by atoms with Gasteiger partial charge in [-0.05, 0) is 97.7 Å². The lowest BCUT2D eigenvalue weighted by Crippen LogP contribution is -2.30. The van der Waals surface area contributed by atoms with Crippen molar-refractivity contribution in [3.63, 3.8) is 0 Å². The molecule has 2 fully saturated rings. The number of methoxy groups -OCH3 is 1. The average molecular weight is 439 g/mol. The number of ether oxygens (including phenoxy) is 2. The van der Waals surface area contributed by atoms with Crippen molar-refractivity contribution in [2.45, 2.75) is 70.6 Å². The Morgan fingerprint density at radius 1 is 0.969 bits per heavy atom. The minimum atomic E-state index is -0.547. The molecule has 0 bridgehead atoms. The van der Waals surface area contributed by atoms with Crippen LogP contribution in [0, 0.1) is 23.6 Å². The van der Waals surface area contributed by atoms with Crippen molar-refractivity contribution in [2.75, 3.05) is 7.11 Å². The van der Waals surface area contributed by atoms with Crippen LogP contribution in [0.25, 0.3) is 0 Å². The second kappa shape index (κ2) is 10.5. The molecule has 3 nitrogen and oxygen atoms in total. The van der Waals surface area contributed by atoms with Crippen molar-refractivity contribution >= 4 is 5.97 Å². The zero-order valence-corrected chi connectivity index (χ0v) is 19.3. The Hall–Kier alpha value is -2.36. The Labute approximate surface area is 191 Å². The number of esters is 1. The summed E-state index contributed by atoms with van der Waals surface area (Å²) in [5.74, 6) is 2.98. The predicted molar refractivity (Wildman–Crippen MR) is 125 cm³/mol. The van der Waals surface area contributed by atoms with E-state index < -0.39 is 5.97 Å². The second-order valence-corrected chi connectivity index (χ2v) is 9.65. The van der Waals surface area contributed by atoms with E-state index in [4.69, 9.17) is 9.47 Å². The molecule has 32 heavy (non-hydrogen) atoms. The highest BCUT2D eigenvalue weighted by atomic mass is 19.1. The van der Waals surface area contributed by atoms with Crippen LogP contribution >= 0.6 is 0 Å². The van der Waals surface area contributed by atoms with Gasteiger partial charge in [0.15, 0.2) is 0 Å². The summed E-state index contributed by atoms with van der Waals surface area (Å²) in [6, 6.07) is 11.6. The highest BCUT2D eigenvalue weighted by Gasteiger charge is 2.36. The lowest BCUT2D eigenvalue weighted by molar-refractivity contribution is 0.0734. The van der Waals surface area contributed by atoms with Gasteiger partial charge in [-0.2, -0.15) is 0 Å². The highest BCUT2D eigenvalue weighted by molar-refractivity contribution is 5.91. The molecule has 2 saturated carbocycles. The SMILES string of the molecule is CCCCC1CCC2CC(c3ccc(C(=O)Oc4ccc(OC)cc4)cc3F)CCC2C1. The van der Waals surface area contributed by atoms with E-state index in [1.807, 2.05) is 0 Å². The number of carbonyl (C=O) groups excluding carboxylic acids is 1. The van der Waals surface area contributed by atoms with Gasteiger partial charge >= 0.3 is 5.97 Å². The summed E-state index contributed by atoms with van der Waals surface area (Å²) in [7, 11) is 1.58. The van der Waals surface area contributed by atoms with Crippen LogP contribution in [0.1, 0.15) is 86.6 Å². The summed E-state index contributed by atoms with van der Waals surface area (Å²) in [6.45, 7) is 2.27. The van der Waals surface area contributed by atoms with Crippen LogP contribution in [0.2, 0.25) is 0 Å². The Kier molecular flexibility index (Phi) is 7.49. The number of halogens is 1. The average Bonchev–Trinajstić information content (AvgIpc) is 2.82. The molecule has 4 rings (SSSR count). The molecule has 2 aromatic rings. The molecule has 4 atom stereocenters. The van der Waals surface area contributed by atoms with Gasteiger partial charge in [0.05, 0.1) is 12.7 Å². The van der Waals surface area contributed by atoms with Crippen LogP contribution in [-0.2, 0) is 0 Å². The number of carbonyl (C=O) groups is 1. The third-order valence-corrected chi connectivity index (χ3v) is 7.63. The van der Waals surface area contributed by atoms with E-state index in [9.17, 15) is 4.79 Å². The van der Waals surface area contributed by atoms with E-state index in [1.54, 1.807) is 43.5 Å². The summed E-state index contributed by atoms with van der Waals surface area (Å²) >= 11 is 0. The van der Waals surface area contributed by atoms with Crippen molar-refractivity contribution in [3.8, 4) is 11.5 Å². The first-order valence-corrected chi connectivity index (χ1v) is 12.2. The molecule has 0 aliphatic heterocycles. The Bertz CT molecular complexity index is 907. The first-order valence-electron chi connectivity index (χ1n) is 12.2. The molecule has 0 spiro atoms. The molecule has 0 amide bonds. The number of rotatable bonds is 7. The van der Waals surface area contributed by atoms with Gasteiger partial charge in [0.2, 0.25) is 0 Å². The van der Waals surface area contributed by atoms with Gasteiger partial charge in [0, 0.05) is 0 Å². The van der Waals surface area contributed by atoms with E-state index in [0.717, 1.165) is 36.2 Å². The number of unbranched alkanes of at least 4 members (excludes halogenated alkanes) is 1. The number of hydrogen-bond donors (Lipinski definition) is 0. The summed E-state index contributed by atoms with van der Waals surface area (Å²) in [5.41, 5.74) is 1.00. The fourth-order valence-corrected chi connectivity index (χ4v) is 5.82. The highest BCUT2D eigenvalue weighted by Crippen LogP contribution is 2.48. The van der Waals surface area contributed by atoms with Crippen LogP contribution in [0.4, 0.5) is 4.39 Å². The van der Waals surface area contributed by atoms with Crippen molar-refractivity contribution in [3.05, 3.63) is 59.4 Å². The third-order valence-electron chi connectivity index (χ3n) is 7.63. The van der Waals surface area contributed by atoms with Gasteiger partial charge in [-0.15, -0.1) is 0 Å². The molecule has 0 heterocycles. The van der Waals surface area contributed by atoms with Crippen LogP contribution in [0.3, 0.4) is 0 Å². The lowest BCUT2D eigenvalue weighted by Gasteiger charge is -2.42. The van der Waals surface area contributed by atoms with Crippen molar-refractivity contribution < 1.29 is 18.7 Å². The minimum Gasteiger partial charge on any atom is -0.497 e. The van der Waals surface area contributed by atoms with Crippen LogP contribution in [0.15, 0.2) is 42.5 Å². The first-order chi connectivity index (χ1) is 15.6. The molecule has 4 heteroatoms. The molecule has 0 radical (unpaired) electrons. The zero-order valence-electron chi connectivity index (χ0n) is 19.3. The molecule has 172 valence electrons. The Balaban J connectivity index is 1.36. The molecule has 0 N–H and O–H groups in total. The van der Waals surface area contributed by atoms with Gasteiger partial charge in [-0.3, -0.25) is 0 Å². The quantitative estimate of drug-likeness (QED) is 0.331. The minimum absolute atomic E-state index is 0.243. The molecule has 0 saturated heterocycles. The first kappa shape index (κ1) is 22.8. The zero-order chi connectivity index (χ0) is 22.5. The summed E-state index contributed by atoms with van der Waals surface area (Å²) < 4.78 is 25.5. The number of hydrogen-bond acceptors (Lipinski definition) is 3. The van der Waals surface area contributed by atoms with Gasteiger partial charge in [-0.25, -0.2) is 9.18 Å². The predicted octanol–water partition coefficient (Wildman–Crippen LogP) is 7.54. The number of benzene rings is 2. The topological polar surface area (TPSA) is 35.5 Å². The second-order valence-electron chi connectivity index (χ2n) is 9.65. The Morgan fingerprint density at radius 3 is 2.41 bits per heavy atom. The normalized spacial score (nSPS) is 25.1. The van der Waals surface area contributed by atoms with Gasteiger partial charge < -0.3 is 9.47 Å². The van der Waals surface area contributed by atoms with E-state index in [-0.39, 0.29) is 17.3 Å². The van der Waals surface area contributed by atoms with Gasteiger partial charge in [-0.1, -0.05) is 38.7 Å². The molecule has 0 aromatic heterocycles. The number of fused-ring (bicyclic) bond motifs is 1. The van der Waals surface area contributed by atoms with Crippen LogP contribution in [0.5, 0.6) is 11.5 Å². The fraction of sp³-hybridized carbons (Fsp3) is 0.536. The standard InChI is InChI=1S/C28H35FO3/c1-3-4-5-19-6-7-21-17-22(9-8-20(21)16-19)26-15-10-23(18-27(26)29)28(30)32-25-13-11-24(31-2)12-14-25/h10-15,18-22H,3-9,16-17H2,1-2H3. The van der Waals surface area contributed by atoms with E-state index >= 15 is 4.39 Å². The van der Waals surface area contributed by atoms with E-state index in [2.05, 4.69) is 6.92 Å². The molecule has 2 aliphatic carbocycles. The van der Waals surface area contributed by atoms with E-state index in [0.29, 0.717) is 11.5 Å². The maximum atomic E-state index is 15.0. The van der Waals surface area contributed by atoms with Crippen LogP contribution in [-0.4, -0.2) is 13.1 Å². The summed E-state index contributed by atoms with van der Waals surface area (Å²) in [5, 5.41) is 0. The molecule has 2 aliphatic rings. The van der Waals surface area contributed by atoms with E-state index in [1.165, 1.54) is 51.0 Å². The monoisotopic (exact) mass is 438 g/mol. The smallest absolute Gasteiger partial charge is 0.343 e. The van der Waals surface area contributed by atoms with Gasteiger partial charge in [0.25, 0.3) is 0 Å². The summed E-state index contributed by atoms with van der Waals surface area (Å²) in [4.78, 5) is 12.5. The van der Waals surface area contributed by atoms with Gasteiger partial charge in [0.1, 0.15) is 17.3 Å². The molecule has 4 unspecified atom stereocenters. The van der Waals surface area contributed by atoms with Crippen molar-refractivity contribution in [1.82, 2.24) is 0 Å². The molecular formula is C28H35FO3. The lowest BCUT2D eigenvalue weighted by atomic mass is 9.63. The van der Waals surface area contributed by atoms with Crippen molar-refractivity contribution in [1.29, 1.82) is 0 Å².